The highest BCUT2D eigenvalue weighted by atomic mass is 14.2. The first-order chi connectivity index (χ1) is 6.16. The third kappa shape index (κ3) is 1.97. The first-order valence-electron chi connectivity index (χ1n) is 4.29. The second-order valence-corrected chi connectivity index (χ2v) is 3.18. The Bertz CT molecular complexity index is 381. The molecule has 0 aliphatic rings. The van der Waals surface area contributed by atoms with Crippen molar-refractivity contribution >= 4 is 6.08 Å². The zero-order valence-electron chi connectivity index (χ0n) is 8.26. The van der Waals surface area contributed by atoms with E-state index in [2.05, 4.69) is 26.8 Å². The molecule has 13 heavy (non-hydrogen) atoms. The zero-order valence-corrected chi connectivity index (χ0v) is 8.26. The predicted molar refractivity (Wildman–Crippen MR) is 55.3 cm³/mol. The summed E-state index contributed by atoms with van der Waals surface area (Å²) in [6.45, 7) is 6.29. The zero-order chi connectivity index (χ0) is 9.84. The number of allylic oxidation sites excluding steroid dienone is 1. The van der Waals surface area contributed by atoms with Crippen molar-refractivity contribution in [2.75, 3.05) is 0 Å². The van der Waals surface area contributed by atoms with E-state index in [1.807, 2.05) is 18.2 Å². The lowest BCUT2D eigenvalue weighted by molar-refractivity contribution is 1.26. The van der Waals surface area contributed by atoms with E-state index in [0.717, 1.165) is 5.56 Å². The van der Waals surface area contributed by atoms with Gasteiger partial charge in [0.25, 0.3) is 0 Å². The number of aryl methyl sites for hydroxylation is 1. The van der Waals surface area contributed by atoms with Crippen LogP contribution in [0.3, 0.4) is 0 Å². The minimum absolute atomic E-state index is 1.13. The number of hydrogen-bond acceptors (Lipinski definition) is 1. The van der Waals surface area contributed by atoms with Crippen LogP contribution in [0.1, 0.15) is 22.3 Å². The van der Waals surface area contributed by atoms with Crippen LogP contribution in [-0.2, 0) is 0 Å². The van der Waals surface area contributed by atoms with Crippen molar-refractivity contribution in [2.45, 2.75) is 20.8 Å². The van der Waals surface area contributed by atoms with Crippen LogP contribution in [-0.4, -0.2) is 0 Å². The Morgan fingerprint density at radius 2 is 1.85 bits per heavy atom. The fourth-order valence-corrected chi connectivity index (χ4v) is 1.28. The van der Waals surface area contributed by atoms with Gasteiger partial charge in [0.1, 0.15) is 0 Å². The van der Waals surface area contributed by atoms with Gasteiger partial charge in [-0.2, -0.15) is 5.26 Å². The van der Waals surface area contributed by atoms with Crippen molar-refractivity contribution in [3.05, 3.63) is 40.5 Å². The van der Waals surface area contributed by atoms with Crippen LogP contribution >= 0.6 is 0 Å². The molecular formula is C12H13N. The Kier molecular flexibility index (Phi) is 2.87. The molecule has 0 atom stereocenters. The molecule has 1 aromatic carbocycles. The number of benzene rings is 1. The van der Waals surface area contributed by atoms with Crippen LogP contribution in [0, 0.1) is 32.1 Å². The number of nitrogens with zero attached hydrogens (tertiary/aromatic N) is 1. The molecule has 0 aliphatic heterocycles. The highest BCUT2D eigenvalue weighted by Gasteiger charge is 1.99. The average Bonchev–Trinajstić information content (AvgIpc) is 2.13. The molecule has 1 nitrogen and oxygen atoms in total. The Hall–Kier alpha value is -1.55. The van der Waals surface area contributed by atoms with Gasteiger partial charge in [-0.25, -0.2) is 0 Å². The molecule has 1 heteroatoms. The van der Waals surface area contributed by atoms with E-state index < -0.39 is 0 Å². The van der Waals surface area contributed by atoms with E-state index in [9.17, 15) is 0 Å². The van der Waals surface area contributed by atoms with E-state index in [0.29, 0.717) is 0 Å². The minimum atomic E-state index is 1.13. The van der Waals surface area contributed by atoms with Crippen LogP contribution in [0.4, 0.5) is 0 Å². The van der Waals surface area contributed by atoms with Gasteiger partial charge in [-0.05, 0) is 49.1 Å². The molecule has 66 valence electrons. The van der Waals surface area contributed by atoms with E-state index >= 15 is 0 Å². The SMILES string of the molecule is Cc1ccc(C=CC#N)c(C)c1C. The molecule has 0 N–H and O–H groups in total. The molecule has 0 radical (unpaired) electrons. The summed E-state index contributed by atoms with van der Waals surface area (Å²) in [4.78, 5) is 0. The number of nitriles is 1. The standard InChI is InChI=1S/C12H13N/c1-9-6-7-12(5-4-8-13)11(3)10(9)2/h4-7H,1-3H3. The Morgan fingerprint density at radius 1 is 1.15 bits per heavy atom. The van der Waals surface area contributed by atoms with Crippen LogP contribution in [0.2, 0.25) is 0 Å². The summed E-state index contributed by atoms with van der Waals surface area (Å²) in [5.41, 5.74) is 4.99. The normalized spacial score (nSPS) is 10.3. The smallest absolute Gasteiger partial charge is 0.0912 e. The van der Waals surface area contributed by atoms with Gasteiger partial charge >= 0.3 is 0 Å². The Labute approximate surface area is 79.3 Å². The van der Waals surface area contributed by atoms with Crippen molar-refractivity contribution in [3.8, 4) is 6.07 Å². The maximum absolute atomic E-state index is 8.41. The molecule has 1 aromatic rings. The van der Waals surface area contributed by atoms with Gasteiger partial charge in [0.05, 0.1) is 6.07 Å². The molecule has 0 aromatic heterocycles. The Balaban J connectivity index is 3.20. The lowest BCUT2D eigenvalue weighted by atomic mass is 9.99. The van der Waals surface area contributed by atoms with E-state index in [1.165, 1.54) is 22.8 Å². The van der Waals surface area contributed by atoms with Crippen molar-refractivity contribution < 1.29 is 0 Å². The molecule has 0 amide bonds. The van der Waals surface area contributed by atoms with Gasteiger partial charge < -0.3 is 0 Å². The molecule has 0 aliphatic carbocycles. The summed E-state index contributed by atoms with van der Waals surface area (Å²) in [6, 6.07) is 6.13. The number of hydrogen-bond donors (Lipinski definition) is 0. The van der Waals surface area contributed by atoms with E-state index in [-0.39, 0.29) is 0 Å². The summed E-state index contributed by atoms with van der Waals surface area (Å²) in [7, 11) is 0. The first kappa shape index (κ1) is 9.54. The lowest BCUT2D eigenvalue weighted by Gasteiger charge is -2.07. The fourth-order valence-electron chi connectivity index (χ4n) is 1.28. The van der Waals surface area contributed by atoms with Crippen molar-refractivity contribution in [2.24, 2.45) is 0 Å². The fraction of sp³-hybridized carbons (Fsp3) is 0.250. The average molecular weight is 171 g/mol. The maximum atomic E-state index is 8.41. The third-order valence-electron chi connectivity index (χ3n) is 2.44. The lowest BCUT2D eigenvalue weighted by Crippen LogP contribution is -1.89. The van der Waals surface area contributed by atoms with E-state index in [1.54, 1.807) is 0 Å². The molecule has 0 fully saturated rings. The minimum Gasteiger partial charge on any atom is -0.193 e. The maximum Gasteiger partial charge on any atom is 0.0912 e. The highest BCUT2D eigenvalue weighted by molar-refractivity contribution is 5.58. The predicted octanol–water partition coefficient (Wildman–Crippen LogP) is 3.15. The Morgan fingerprint density at radius 3 is 2.46 bits per heavy atom. The third-order valence-corrected chi connectivity index (χ3v) is 2.44. The topological polar surface area (TPSA) is 23.8 Å². The molecular weight excluding hydrogens is 158 g/mol. The monoisotopic (exact) mass is 171 g/mol. The second kappa shape index (κ2) is 3.91. The van der Waals surface area contributed by atoms with Gasteiger partial charge in [-0.15, -0.1) is 0 Å². The molecule has 0 unspecified atom stereocenters. The summed E-state index contributed by atoms with van der Waals surface area (Å²) < 4.78 is 0. The summed E-state index contributed by atoms with van der Waals surface area (Å²) in [5.74, 6) is 0. The summed E-state index contributed by atoms with van der Waals surface area (Å²) in [5, 5.41) is 8.41. The molecule has 0 saturated heterocycles. The van der Waals surface area contributed by atoms with Crippen LogP contribution < -0.4 is 0 Å². The van der Waals surface area contributed by atoms with Crippen LogP contribution in [0.5, 0.6) is 0 Å². The highest BCUT2D eigenvalue weighted by Crippen LogP contribution is 2.17. The van der Waals surface area contributed by atoms with Gasteiger partial charge in [-0.3, -0.25) is 0 Å². The molecule has 1 rings (SSSR count). The van der Waals surface area contributed by atoms with Crippen molar-refractivity contribution in [1.82, 2.24) is 0 Å². The van der Waals surface area contributed by atoms with Crippen LogP contribution in [0.25, 0.3) is 6.08 Å². The van der Waals surface area contributed by atoms with Crippen molar-refractivity contribution in [1.29, 1.82) is 5.26 Å². The first-order valence-corrected chi connectivity index (χ1v) is 4.29. The van der Waals surface area contributed by atoms with Gasteiger partial charge in [0.2, 0.25) is 0 Å². The van der Waals surface area contributed by atoms with Gasteiger partial charge in [0.15, 0.2) is 0 Å². The molecule has 0 saturated carbocycles. The van der Waals surface area contributed by atoms with Gasteiger partial charge in [-0.1, -0.05) is 12.1 Å². The summed E-state index contributed by atoms with van der Waals surface area (Å²) in [6.07, 6.45) is 3.36. The molecule has 0 spiro atoms. The van der Waals surface area contributed by atoms with Crippen LogP contribution in [0.15, 0.2) is 18.2 Å². The quantitative estimate of drug-likeness (QED) is 0.595. The van der Waals surface area contributed by atoms with Gasteiger partial charge in [0, 0.05) is 6.08 Å². The molecule has 0 heterocycles. The second-order valence-electron chi connectivity index (χ2n) is 3.18. The number of rotatable bonds is 1. The van der Waals surface area contributed by atoms with E-state index in [4.69, 9.17) is 5.26 Å². The molecule has 0 bridgehead atoms. The largest absolute Gasteiger partial charge is 0.193 e. The van der Waals surface area contributed by atoms with Crippen molar-refractivity contribution in [3.63, 3.8) is 0 Å². The summed E-state index contributed by atoms with van der Waals surface area (Å²) >= 11 is 0.